The van der Waals surface area contributed by atoms with E-state index in [1.54, 1.807) is 18.3 Å². The van der Waals surface area contributed by atoms with Gasteiger partial charge in [0.2, 0.25) is 11.5 Å². The number of amides is 1. The largest absolute Gasteiger partial charge is 0.430 e. The summed E-state index contributed by atoms with van der Waals surface area (Å²) in [6, 6.07) is 3.97. The number of carbonyl (C=O) groups excluding carboxylic acids is 1. The minimum absolute atomic E-state index is 0.0161. The predicted molar refractivity (Wildman–Crippen MR) is 101 cm³/mol. The van der Waals surface area contributed by atoms with Crippen molar-refractivity contribution in [3.8, 4) is 0 Å². The van der Waals surface area contributed by atoms with Crippen LogP contribution in [-0.2, 0) is 0 Å². The second kappa shape index (κ2) is 7.43. The van der Waals surface area contributed by atoms with Crippen LogP contribution in [0.5, 0.6) is 0 Å². The second-order valence-electron chi connectivity index (χ2n) is 7.32. The van der Waals surface area contributed by atoms with E-state index in [1.807, 2.05) is 4.90 Å². The molecule has 0 spiro atoms. The molecule has 0 aromatic carbocycles. The first-order valence-corrected chi connectivity index (χ1v) is 9.31. The van der Waals surface area contributed by atoms with Crippen molar-refractivity contribution < 1.29 is 14.3 Å². The number of aliphatic hydroxyl groups is 1. The Kier molecular flexibility index (Phi) is 5.00. The zero-order valence-electron chi connectivity index (χ0n) is 15.5. The van der Waals surface area contributed by atoms with Crippen LogP contribution in [0.15, 0.2) is 22.7 Å². The Hall–Kier alpha value is -2.20. The van der Waals surface area contributed by atoms with Crippen molar-refractivity contribution in [2.24, 2.45) is 5.73 Å². The smallest absolute Gasteiger partial charge is 0.286 e. The van der Waals surface area contributed by atoms with E-state index >= 15 is 0 Å². The number of aromatic nitrogens is 1. The van der Waals surface area contributed by atoms with E-state index in [9.17, 15) is 9.90 Å². The molecule has 9 nitrogen and oxygen atoms in total. The number of primary amides is 1. The van der Waals surface area contributed by atoms with Gasteiger partial charge in [-0.3, -0.25) is 14.6 Å². The molecule has 4 N–H and O–H groups in total. The summed E-state index contributed by atoms with van der Waals surface area (Å²) >= 11 is 0. The Morgan fingerprint density at radius 3 is 2.89 bits per heavy atom. The number of likely N-dealkylation sites (tertiary alicyclic amines) is 1. The quantitative estimate of drug-likeness (QED) is 0.624. The highest BCUT2D eigenvalue weighted by Gasteiger charge is 2.33. The van der Waals surface area contributed by atoms with E-state index in [-0.39, 0.29) is 5.76 Å². The minimum atomic E-state index is -0.929. The first-order valence-electron chi connectivity index (χ1n) is 9.31. The molecular formula is C18H26N6O3. The number of pyridine rings is 1. The van der Waals surface area contributed by atoms with Gasteiger partial charge in [0.25, 0.3) is 5.91 Å². The normalized spacial score (nSPS) is 23.7. The van der Waals surface area contributed by atoms with Gasteiger partial charge in [0, 0.05) is 51.5 Å². The van der Waals surface area contributed by atoms with Crippen molar-refractivity contribution in [3.63, 3.8) is 0 Å². The molecule has 27 heavy (non-hydrogen) atoms. The van der Waals surface area contributed by atoms with Gasteiger partial charge in [-0.25, -0.2) is 4.98 Å². The molecule has 2 saturated heterocycles. The van der Waals surface area contributed by atoms with E-state index in [4.69, 9.17) is 10.2 Å². The summed E-state index contributed by atoms with van der Waals surface area (Å²) in [6.07, 6.45) is 1.66. The van der Waals surface area contributed by atoms with Crippen molar-refractivity contribution in [1.82, 2.24) is 19.7 Å². The first-order chi connectivity index (χ1) is 13.0. The number of furan rings is 1. The lowest BCUT2D eigenvalue weighted by molar-refractivity contribution is 0.0343. The van der Waals surface area contributed by atoms with Crippen LogP contribution in [-0.4, -0.2) is 89.4 Å². The van der Waals surface area contributed by atoms with Crippen LogP contribution in [0.2, 0.25) is 0 Å². The Morgan fingerprint density at radius 1 is 1.37 bits per heavy atom. The second-order valence-corrected chi connectivity index (χ2v) is 7.32. The summed E-state index contributed by atoms with van der Waals surface area (Å²) in [6.45, 7) is 5.83. The molecule has 0 bridgehead atoms. The third kappa shape index (κ3) is 3.63. The lowest BCUT2D eigenvalue weighted by Gasteiger charge is -2.36. The Balaban J connectivity index is 1.45. The number of piperazine rings is 1. The number of hydrogen-bond donors (Lipinski definition) is 3. The van der Waals surface area contributed by atoms with Crippen LogP contribution in [0.3, 0.4) is 0 Å². The zero-order chi connectivity index (χ0) is 19.0. The summed E-state index contributed by atoms with van der Waals surface area (Å²) < 4.78 is 5.46. The monoisotopic (exact) mass is 374 g/mol. The highest BCUT2D eigenvalue weighted by Crippen LogP contribution is 2.30. The summed E-state index contributed by atoms with van der Waals surface area (Å²) in [5.74, 6) is -0.711. The number of nitrogens with two attached hydrogens (primary N) is 1. The number of nitrogens with zero attached hydrogens (tertiary/aromatic N) is 4. The molecule has 1 unspecified atom stereocenters. The SMILES string of the molecule is CN1CCN([C@@H]2CCN(C(O)Nc3c(C(N)=O)oc4ncccc34)C2)CC1. The van der Waals surface area contributed by atoms with Gasteiger partial charge in [0.1, 0.15) is 0 Å². The Bertz CT molecular complexity index is 817. The molecule has 4 rings (SSSR count). The van der Waals surface area contributed by atoms with Crippen molar-refractivity contribution in [3.05, 3.63) is 24.1 Å². The number of aliphatic hydroxyl groups excluding tert-OH is 1. The van der Waals surface area contributed by atoms with Crippen LogP contribution in [0.25, 0.3) is 11.1 Å². The van der Waals surface area contributed by atoms with Crippen molar-refractivity contribution in [2.75, 3.05) is 51.6 Å². The molecule has 2 aliphatic heterocycles. The fourth-order valence-electron chi connectivity index (χ4n) is 3.94. The number of hydrogen-bond acceptors (Lipinski definition) is 8. The van der Waals surface area contributed by atoms with Gasteiger partial charge in [-0.2, -0.15) is 0 Å². The van der Waals surface area contributed by atoms with Gasteiger partial charge >= 0.3 is 0 Å². The number of rotatable bonds is 5. The number of carbonyl (C=O) groups is 1. The van der Waals surface area contributed by atoms with Crippen LogP contribution < -0.4 is 11.1 Å². The molecule has 0 radical (unpaired) electrons. The van der Waals surface area contributed by atoms with E-state index in [0.29, 0.717) is 22.8 Å². The van der Waals surface area contributed by atoms with Crippen molar-refractivity contribution >= 4 is 22.7 Å². The summed E-state index contributed by atoms with van der Waals surface area (Å²) in [7, 11) is 2.15. The van der Waals surface area contributed by atoms with Gasteiger partial charge in [-0.15, -0.1) is 0 Å². The van der Waals surface area contributed by atoms with Crippen LogP contribution in [0.4, 0.5) is 5.69 Å². The molecule has 1 amide bonds. The number of anilines is 1. The minimum Gasteiger partial charge on any atom is -0.430 e. The highest BCUT2D eigenvalue weighted by molar-refractivity contribution is 6.04. The van der Waals surface area contributed by atoms with Gasteiger partial charge in [-0.05, 0) is 25.6 Å². The summed E-state index contributed by atoms with van der Waals surface area (Å²) in [4.78, 5) is 22.7. The van der Waals surface area contributed by atoms with Crippen molar-refractivity contribution in [1.29, 1.82) is 0 Å². The molecule has 2 fully saturated rings. The molecule has 2 aromatic heterocycles. The molecule has 0 aliphatic carbocycles. The maximum Gasteiger partial charge on any atom is 0.286 e. The summed E-state index contributed by atoms with van der Waals surface area (Å²) in [5, 5.41) is 14.4. The third-order valence-corrected chi connectivity index (χ3v) is 5.56. The number of likely N-dealkylation sites (N-methyl/N-ethyl adjacent to an activating group) is 1. The fraction of sp³-hybridized carbons (Fsp3) is 0.556. The molecular weight excluding hydrogens is 348 g/mol. The standard InChI is InChI=1S/C18H26N6O3/c1-22-7-9-23(10-8-22)12-4-6-24(11-12)18(26)21-14-13-3-2-5-20-17(13)27-15(14)16(19)25/h2-3,5,12,18,21,26H,4,6-11H2,1H3,(H2,19,25)/t12-,18?/m1/s1. The van der Waals surface area contributed by atoms with Crippen LogP contribution >= 0.6 is 0 Å². The van der Waals surface area contributed by atoms with E-state index in [2.05, 4.69) is 27.1 Å². The number of fused-ring (bicyclic) bond motifs is 1. The lowest BCUT2D eigenvalue weighted by Crippen LogP contribution is -2.50. The van der Waals surface area contributed by atoms with Crippen molar-refractivity contribution in [2.45, 2.75) is 18.8 Å². The van der Waals surface area contributed by atoms with Gasteiger partial charge in [0.05, 0.1) is 11.1 Å². The summed E-state index contributed by atoms with van der Waals surface area (Å²) in [5.41, 5.74) is 6.14. The number of nitrogens with one attached hydrogen (secondary N) is 1. The zero-order valence-corrected chi connectivity index (χ0v) is 15.5. The topological polar surface area (TPSA) is 111 Å². The van der Waals surface area contributed by atoms with Gasteiger partial charge in [0.15, 0.2) is 6.35 Å². The average Bonchev–Trinajstić information content (AvgIpc) is 3.28. The highest BCUT2D eigenvalue weighted by atomic mass is 16.4. The molecule has 9 heteroatoms. The average molecular weight is 374 g/mol. The molecule has 2 atom stereocenters. The molecule has 2 aliphatic rings. The maximum absolute atomic E-state index is 11.7. The first kappa shape index (κ1) is 18.2. The van der Waals surface area contributed by atoms with Crippen LogP contribution in [0, 0.1) is 0 Å². The van der Waals surface area contributed by atoms with E-state index < -0.39 is 12.3 Å². The molecule has 146 valence electrons. The Morgan fingerprint density at radius 2 is 2.15 bits per heavy atom. The van der Waals surface area contributed by atoms with E-state index in [1.165, 1.54) is 0 Å². The van der Waals surface area contributed by atoms with E-state index in [0.717, 1.165) is 45.7 Å². The Labute approximate surface area is 157 Å². The molecule has 0 saturated carbocycles. The molecule has 2 aromatic rings. The maximum atomic E-state index is 11.7. The van der Waals surface area contributed by atoms with Gasteiger partial charge in [-0.1, -0.05) is 0 Å². The molecule has 4 heterocycles. The predicted octanol–water partition coefficient (Wildman–Crippen LogP) is -0.0638. The van der Waals surface area contributed by atoms with Crippen LogP contribution in [0.1, 0.15) is 17.0 Å². The lowest BCUT2D eigenvalue weighted by atomic mass is 10.2. The fourth-order valence-corrected chi connectivity index (χ4v) is 3.94. The third-order valence-electron chi connectivity index (χ3n) is 5.56. The van der Waals surface area contributed by atoms with Gasteiger partial charge < -0.3 is 25.5 Å².